The van der Waals surface area contributed by atoms with Crippen LogP contribution < -0.4 is 5.73 Å². The van der Waals surface area contributed by atoms with E-state index in [-0.39, 0.29) is 12.5 Å². The van der Waals surface area contributed by atoms with Gasteiger partial charge in [0, 0.05) is 36.8 Å². The van der Waals surface area contributed by atoms with E-state index in [2.05, 4.69) is 4.98 Å². The summed E-state index contributed by atoms with van der Waals surface area (Å²) in [7, 11) is 0. The molecule has 1 atom stereocenters. The molecule has 0 aromatic carbocycles. The summed E-state index contributed by atoms with van der Waals surface area (Å²) in [6.45, 7) is 2.22. The molecule has 6 heteroatoms. The number of nitrogens with two attached hydrogens (primary N) is 1. The van der Waals surface area contributed by atoms with Gasteiger partial charge in [-0.25, -0.2) is 4.98 Å². The van der Waals surface area contributed by atoms with Crippen molar-refractivity contribution in [2.24, 2.45) is 5.73 Å². The van der Waals surface area contributed by atoms with Crippen LogP contribution in [0.5, 0.6) is 0 Å². The van der Waals surface area contributed by atoms with Crippen LogP contribution in [-0.2, 0) is 13.0 Å². The lowest BCUT2D eigenvalue weighted by atomic mass is 10.1. The zero-order valence-electron chi connectivity index (χ0n) is 11.3. The number of alkyl halides is 3. The molecule has 0 amide bonds. The van der Waals surface area contributed by atoms with Crippen molar-refractivity contribution >= 4 is 11.0 Å². The SMILES string of the molecule is CC(N)Cc1cn(CCCC(F)(F)F)c2ncccc12. The highest BCUT2D eigenvalue weighted by Gasteiger charge is 2.26. The summed E-state index contributed by atoms with van der Waals surface area (Å²) in [6, 6.07) is 3.76. The molecule has 2 aromatic rings. The van der Waals surface area contributed by atoms with Crippen LogP contribution in [-0.4, -0.2) is 21.8 Å². The van der Waals surface area contributed by atoms with Crippen LogP contribution in [0, 0.1) is 0 Å². The van der Waals surface area contributed by atoms with Gasteiger partial charge in [0.05, 0.1) is 0 Å². The first kappa shape index (κ1) is 14.8. The number of hydrogen-bond acceptors (Lipinski definition) is 2. The van der Waals surface area contributed by atoms with Crippen molar-refractivity contribution in [1.29, 1.82) is 0 Å². The van der Waals surface area contributed by atoms with Crippen molar-refractivity contribution in [3.8, 4) is 0 Å². The molecule has 20 heavy (non-hydrogen) atoms. The van der Waals surface area contributed by atoms with Gasteiger partial charge in [-0.15, -0.1) is 0 Å². The Morgan fingerprint density at radius 2 is 2.15 bits per heavy atom. The van der Waals surface area contributed by atoms with Crippen LogP contribution in [0.15, 0.2) is 24.5 Å². The minimum absolute atomic E-state index is 0.00410. The molecular formula is C14H18F3N3. The minimum Gasteiger partial charge on any atom is -0.332 e. The molecule has 0 aliphatic carbocycles. The Morgan fingerprint density at radius 3 is 2.80 bits per heavy atom. The van der Waals surface area contributed by atoms with Crippen LogP contribution in [0.2, 0.25) is 0 Å². The van der Waals surface area contributed by atoms with Crippen molar-refractivity contribution in [2.75, 3.05) is 0 Å². The fraction of sp³-hybridized carbons (Fsp3) is 0.500. The number of hydrogen-bond donors (Lipinski definition) is 1. The van der Waals surface area contributed by atoms with Crippen LogP contribution in [0.25, 0.3) is 11.0 Å². The van der Waals surface area contributed by atoms with E-state index >= 15 is 0 Å². The maximum atomic E-state index is 12.2. The molecule has 0 spiro atoms. The Balaban J connectivity index is 2.20. The molecule has 0 aliphatic rings. The maximum Gasteiger partial charge on any atom is 0.389 e. The van der Waals surface area contributed by atoms with Gasteiger partial charge in [-0.1, -0.05) is 0 Å². The number of nitrogens with zero attached hydrogens (tertiary/aromatic N) is 2. The lowest BCUT2D eigenvalue weighted by Gasteiger charge is -2.07. The van der Waals surface area contributed by atoms with Crippen LogP contribution in [0.4, 0.5) is 13.2 Å². The van der Waals surface area contributed by atoms with Crippen molar-refractivity contribution in [3.05, 3.63) is 30.1 Å². The Bertz CT molecular complexity index is 573. The molecule has 0 aliphatic heterocycles. The van der Waals surface area contributed by atoms with Crippen LogP contribution >= 0.6 is 0 Å². The Hall–Kier alpha value is -1.56. The van der Waals surface area contributed by atoms with E-state index in [1.807, 2.05) is 25.3 Å². The number of aryl methyl sites for hydroxylation is 1. The largest absolute Gasteiger partial charge is 0.389 e. The van der Waals surface area contributed by atoms with E-state index in [1.165, 1.54) is 0 Å². The summed E-state index contributed by atoms with van der Waals surface area (Å²) in [6.07, 6.45) is -0.612. The third kappa shape index (κ3) is 3.72. The third-order valence-electron chi connectivity index (χ3n) is 3.12. The summed E-state index contributed by atoms with van der Waals surface area (Å²) in [5.41, 5.74) is 7.57. The molecule has 2 aromatic heterocycles. The molecule has 0 saturated heterocycles. The van der Waals surface area contributed by atoms with Gasteiger partial charge >= 0.3 is 6.18 Å². The van der Waals surface area contributed by atoms with E-state index in [0.717, 1.165) is 16.6 Å². The molecule has 1 unspecified atom stereocenters. The normalized spacial score (nSPS) is 13.8. The third-order valence-corrected chi connectivity index (χ3v) is 3.12. The van der Waals surface area contributed by atoms with Crippen LogP contribution in [0.1, 0.15) is 25.3 Å². The zero-order chi connectivity index (χ0) is 14.8. The summed E-state index contributed by atoms with van der Waals surface area (Å²) in [5, 5.41) is 0.969. The fourth-order valence-corrected chi connectivity index (χ4v) is 2.33. The minimum atomic E-state index is -4.11. The second-order valence-electron chi connectivity index (χ2n) is 5.12. The highest BCUT2D eigenvalue weighted by atomic mass is 19.4. The van der Waals surface area contributed by atoms with Gasteiger partial charge in [-0.3, -0.25) is 0 Å². The van der Waals surface area contributed by atoms with E-state index in [9.17, 15) is 13.2 Å². The summed E-state index contributed by atoms with van der Waals surface area (Å²) < 4.78 is 38.4. The molecule has 3 nitrogen and oxygen atoms in total. The molecular weight excluding hydrogens is 267 g/mol. The average Bonchev–Trinajstić information content (AvgIpc) is 2.66. The highest BCUT2D eigenvalue weighted by Crippen LogP contribution is 2.24. The number of fused-ring (bicyclic) bond motifs is 1. The Labute approximate surface area is 115 Å². The quantitative estimate of drug-likeness (QED) is 0.916. The lowest BCUT2D eigenvalue weighted by Crippen LogP contribution is -2.17. The van der Waals surface area contributed by atoms with Gasteiger partial charge in [0.2, 0.25) is 0 Å². The molecule has 110 valence electrons. The van der Waals surface area contributed by atoms with Gasteiger partial charge in [-0.05, 0) is 37.5 Å². The molecule has 0 bridgehead atoms. The van der Waals surface area contributed by atoms with E-state index < -0.39 is 12.6 Å². The van der Waals surface area contributed by atoms with Gasteiger partial charge in [-0.2, -0.15) is 13.2 Å². The smallest absolute Gasteiger partial charge is 0.332 e. The first-order chi connectivity index (χ1) is 9.37. The molecule has 2 rings (SSSR count). The van der Waals surface area contributed by atoms with Crippen molar-refractivity contribution in [2.45, 2.75) is 44.9 Å². The average molecular weight is 285 g/mol. The Morgan fingerprint density at radius 1 is 1.40 bits per heavy atom. The summed E-state index contributed by atoms with van der Waals surface area (Å²) in [4.78, 5) is 4.27. The van der Waals surface area contributed by atoms with Gasteiger partial charge in [0.1, 0.15) is 5.65 Å². The maximum absolute atomic E-state index is 12.2. The number of rotatable bonds is 5. The lowest BCUT2D eigenvalue weighted by molar-refractivity contribution is -0.135. The molecule has 0 saturated carbocycles. The topological polar surface area (TPSA) is 43.8 Å². The van der Waals surface area contributed by atoms with Gasteiger partial charge in [0.25, 0.3) is 0 Å². The number of aromatic nitrogens is 2. The number of pyridine rings is 1. The standard InChI is InChI=1S/C14H18F3N3/c1-10(18)8-11-9-20(7-3-5-14(15,16)17)13-12(11)4-2-6-19-13/h2,4,6,9-10H,3,5,7-8,18H2,1H3. The van der Waals surface area contributed by atoms with Gasteiger partial charge in [0.15, 0.2) is 0 Å². The second-order valence-corrected chi connectivity index (χ2v) is 5.12. The Kier molecular flexibility index (Phi) is 4.32. The first-order valence-electron chi connectivity index (χ1n) is 6.62. The summed E-state index contributed by atoms with van der Waals surface area (Å²) >= 11 is 0. The molecule has 0 radical (unpaired) electrons. The van der Waals surface area contributed by atoms with E-state index in [1.54, 1.807) is 10.8 Å². The van der Waals surface area contributed by atoms with Gasteiger partial charge < -0.3 is 10.3 Å². The molecule has 2 N–H and O–H groups in total. The monoisotopic (exact) mass is 285 g/mol. The predicted molar refractivity (Wildman–Crippen MR) is 72.4 cm³/mol. The molecule has 2 heterocycles. The second kappa shape index (κ2) is 5.83. The van der Waals surface area contributed by atoms with Crippen molar-refractivity contribution in [3.63, 3.8) is 0 Å². The van der Waals surface area contributed by atoms with E-state index in [4.69, 9.17) is 5.73 Å². The fourth-order valence-electron chi connectivity index (χ4n) is 2.33. The van der Waals surface area contributed by atoms with Crippen molar-refractivity contribution < 1.29 is 13.2 Å². The van der Waals surface area contributed by atoms with E-state index in [0.29, 0.717) is 13.0 Å². The predicted octanol–water partition coefficient (Wildman–Crippen LogP) is 3.27. The van der Waals surface area contributed by atoms with Crippen molar-refractivity contribution in [1.82, 2.24) is 9.55 Å². The molecule has 0 fully saturated rings. The first-order valence-corrected chi connectivity index (χ1v) is 6.62. The summed E-state index contributed by atoms with van der Waals surface area (Å²) in [5.74, 6) is 0. The number of halogens is 3. The zero-order valence-corrected chi connectivity index (χ0v) is 11.3. The highest BCUT2D eigenvalue weighted by molar-refractivity contribution is 5.80. The van der Waals surface area contributed by atoms with Crippen LogP contribution in [0.3, 0.4) is 0 Å².